The Morgan fingerprint density at radius 2 is 2.35 bits per heavy atom. The quantitative estimate of drug-likeness (QED) is 0.669. The summed E-state index contributed by atoms with van der Waals surface area (Å²) >= 11 is 1.57. The Labute approximate surface area is 119 Å². The van der Waals surface area contributed by atoms with Crippen molar-refractivity contribution in [2.45, 2.75) is 6.42 Å². The fraction of sp³-hybridized carbons (Fsp3) is 0.154. The zero-order valence-corrected chi connectivity index (χ0v) is 11.4. The molecule has 0 aromatic carbocycles. The third-order valence-corrected chi connectivity index (χ3v) is 3.77. The highest BCUT2D eigenvalue weighted by molar-refractivity contribution is 7.13. The van der Waals surface area contributed by atoms with Gasteiger partial charge < -0.3 is 10.3 Å². The van der Waals surface area contributed by atoms with Crippen molar-refractivity contribution in [2.75, 3.05) is 6.54 Å². The van der Waals surface area contributed by atoms with Gasteiger partial charge >= 0.3 is 0 Å². The van der Waals surface area contributed by atoms with E-state index in [1.807, 2.05) is 17.5 Å². The first kappa shape index (κ1) is 12.6. The number of rotatable bonds is 5. The molecule has 3 aromatic rings. The van der Waals surface area contributed by atoms with E-state index in [1.165, 1.54) is 0 Å². The van der Waals surface area contributed by atoms with Gasteiger partial charge in [0, 0.05) is 24.9 Å². The number of carbonyl (C=O) groups is 1. The summed E-state index contributed by atoms with van der Waals surface area (Å²) in [7, 11) is 0. The van der Waals surface area contributed by atoms with Crippen molar-refractivity contribution in [3.05, 3.63) is 47.5 Å². The lowest BCUT2D eigenvalue weighted by molar-refractivity contribution is 0.0955. The molecule has 3 heterocycles. The number of carbonyl (C=O) groups excluding carboxylic acids is 1. The van der Waals surface area contributed by atoms with Gasteiger partial charge in [-0.15, -0.1) is 11.3 Å². The second-order valence-electron chi connectivity index (χ2n) is 4.22. The zero-order chi connectivity index (χ0) is 13.8. The summed E-state index contributed by atoms with van der Waals surface area (Å²) in [5.41, 5.74) is 2.33. The average Bonchev–Trinajstić information content (AvgIpc) is 3.19. The Morgan fingerprint density at radius 3 is 3.10 bits per heavy atom. The van der Waals surface area contributed by atoms with Gasteiger partial charge in [0.15, 0.2) is 0 Å². The highest BCUT2D eigenvalue weighted by Gasteiger charge is 2.15. The van der Waals surface area contributed by atoms with Crippen LogP contribution in [0.4, 0.5) is 0 Å². The normalized spacial score (nSPS) is 10.6. The highest BCUT2D eigenvalue weighted by atomic mass is 32.1. The van der Waals surface area contributed by atoms with Crippen LogP contribution in [-0.4, -0.2) is 32.6 Å². The third-order valence-electron chi connectivity index (χ3n) is 2.89. The van der Waals surface area contributed by atoms with Gasteiger partial charge in [-0.25, -0.2) is 4.98 Å². The number of thiophene rings is 1. The Hall–Kier alpha value is -2.41. The molecule has 3 N–H and O–H groups in total. The predicted octanol–water partition coefficient (Wildman–Crippen LogP) is 1.83. The lowest BCUT2D eigenvalue weighted by Gasteiger charge is -2.04. The molecule has 102 valence electrons. The summed E-state index contributed by atoms with van der Waals surface area (Å²) in [4.78, 5) is 20.1. The van der Waals surface area contributed by atoms with Crippen LogP contribution in [0.25, 0.3) is 10.6 Å². The van der Waals surface area contributed by atoms with Gasteiger partial charge in [0.2, 0.25) is 0 Å². The first-order valence-corrected chi connectivity index (χ1v) is 7.05. The molecule has 0 aliphatic carbocycles. The number of nitrogens with one attached hydrogen (secondary N) is 3. The van der Waals surface area contributed by atoms with Crippen molar-refractivity contribution in [2.24, 2.45) is 0 Å². The number of nitrogens with zero attached hydrogens (tertiary/aromatic N) is 2. The maximum absolute atomic E-state index is 12.2. The van der Waals surface area contributed by atoms with E-state index < -0.39 is 0 Å². The molecule has 0 unspecified atom stereocenters. The number of imidazole rings is 1. The van der Waals surface area contributed by atoms with E-state index in [-0.39, 0.29) is 5.91 Å². The van der Waals surface area contributed by atoms with Gasteiger partial charge in [-0.3, -0.25) is 9.89 Å². The van der Waals surface area contributed by atoms with Crippen molar-refractivity contribution in [3.8, 4) is 10.6 Å². The Kier molecular flexibility index (Phi) is 3.60. The molecule has 7 heteroatoms. The van der Waals surface area contributed by atoms with Crippen molar-refractivity contribution in [1.82, 2.24) is 25.5 Å². The molecule has 20 heavy (non-hydrogen) atoms. The smallest absolute Gasteiger partial charge is 0.255 e. The van der Waals surface area contributed by atoms with E-state index in [0.717, 1.165) is 22.7 Å². The van der Waals surface area contributed by atoms with Crippen molar-refractivity contribution < 1.29 is 4.79 Å². The van der Waals surface area contributed by atoms with Crippen LogP contribution in [0.15, 0.2) is 36.2 Å². The molecule has 0 atom stereocenters. The molecule has 0 aliphatic rings. The Morgan fingerprint density at radius 1 is 1.40 bits per heavy atom. The number of aromatic nitrogens is 4. The van der Waals surface area contributed by atoms with Crippen LogP contribution in [-0.2, 0) is 6.42 Å². The van der Waals surface area contributed by atoms with Gasteiger partial charge in [-0.05, 0) is 11.4 Å². The lowest BCUT2D eigenvalue weighted by Crippen LogP contribution is -2.25. The van der Waals surface area contributed by atoms with E-state index in [1.54, 1.807) is 30.1 Å². The minimum absolute atomic E-state index is 0.123. The molecule has 0 fully saturated rings. The van der Waals surface area contributed by atoms with Crippen LogP contribution in [0.5, 0.6) is 0 Å². The van der Waals surface area contributed by atoms with Gasteiger partial charge in [-0.1, -0.05) is 6.07 Å². The molecule has 0 bridgehead atoms. The van der Waals surface area contributed by atoms with Crippen LogP contribution in [0, 0.1) is 0 Å². The van der Waals surface area contributed by atoms with E-state index >= 15 is 0 Å². The molecule has 0 radical (unpaired) electrons. The topological polar surface area (TPSA) is 86.5 Å². The van der Waals surface area contributed by atoms with Gasteiger partial charge in [0.05, 0.1) is 28.7 Å². The minimum Gasteiger partial charge on any atom is -0.352 e. The van der Waals surface area contributed by atoms with E-state index in [9.17, 15) is 4.79 Å². The summed E-state index contributed by atoms with van der Waals surface area (Å²) in [6.07, 6.45) is 5.65. The zero-order valence-electron chi connectivity index (χ0n) is 10.6. The Bertz CT molecular complexity index is 672. The summed E-state index contributed by atoms with van der Waals surface area (Å²) in [5.74, 6) is -0.123. The van der Waals surface area contributed by atoms with Crippen LogP contribution in [0.2, 0.25) is 0 Å². The van der Waals surface area contributed by atoms with Gasteiger partial charge in [-0.2, -0.15) is 5.10 Å². The fourth-order valence-corrected chi connectivity index (χ4v) is 2.63. The van der Waals surface area contributed by atoms with E-state index in [0.29, 0.717) is 12.1 Å². The minimum atomic E-state index is -0.123. The summed E-state index contributed by atoms with van der Waals surface area (Å²) in [5, 5.41) is 11.7. The summed E-state index contributed by atoms with van der Waals surface area (Å²) in [6.45, 7) is 0.552. The van der Waals surface area contributed by atoms with E-state index in [2.05, 4.69) is 25.5 Å². The number of hydrogen-bond acceptors (Lipinski definition) is 4. The number of aromatic amines is 2. The molecular formula is C13H13N5OS. The first-order valence-electron chi connectivity index (χ1n) is 6.17. The van der Waals surface area contributed by atoms with Crippen LogP contribution >= 0.6 is 11.3 Å². The first-order chi connectivity index (χ1) is 9.84. The number of amides is 1. The van der Waals surface area contributed by atoms with Gasteiger partial charge in [0.25, 0.3) is 5.91 Å². The SMILES string of the molecule is O=C(NCCc1cnc[nH]1)c1cn[nH]c1-c1cccs1. The number of hydrogen-bond donors (Lipinski definition) is 3. The number of H-pyrrole nitrogens is 2. The van der Waals surface area contributed by atoms with Crippen LogP contribution in [0.3, 0.4) is 0 Å². The fourth-order valence-electron chi connectivity index (χ4n) is 1.89. The standard InChI is InChI=1S/C13H13N5OS/c19-13(15-4-3-9-6-14-8-16-9)10-7-17-18-12(10)11-2-1-5-20-11/h1-2,5-8H,3-4H2,(H,14,16)(H,15,19)(H,17,18). The molecule has 0 saturated carbocycles. The molecule has 1 amide bonds. The highest BCUT2D eigenvalue weighted by Crippen LogP contribution is 2.25. The summed E-state index contributed by atoms with van der Waals surface area (Å²) in [6, 6.07) is 3.90. The monoisotopic (exact) mass is 287 g/mol. The van der Waals surface area contributed by atoms with Crippen molar-refractivity contribution >= 4 is 17.2 Å². The molecule has 3 aromatic heterocycles. The molecule has 0 aliphatic heterocycles. The molecule has 6 nitrogen and oxygen atoms in total. The molecule has 0 spiro atoms. The molecular weight excluding hydrogens is 274 g/mol. The maximum atomic E-state index is 12.2. The van der Waals surface area contributed by atoms with E-state index in [4.69, 9.17) is 0 Å². The second kappa shape index (κ2) is 5.70. The third kappa shape index (κ3) is 2.62. The lowest BCUT2D eigenvalue weighted by atomic mass is 10.2. The molecule has 0 saturated heterocycles. The predicted molar refractivity (Wildman–Crippen MR) is 76.5 cm³/mol. The van der Waals surface area contributed by atoms with Crippen molar-refractivity contribution in [1.29, 1.82) is 0 Å². The summed E-state index contributed by atoms with van der Waals surface area (Å²) < 4.78 is 0. The second-order valence-corrected chi connectivity index (χ2v) is 5.17. The van der Waals surface area contributed by atoms with Crippen LogP contribution in [0.1, 0.15) is 16.1 Å². The van der Waals surface area contributed by atoms with Crippen LogP contribution < -0.4 is 5.32 Å². The van der Waals surface area contributed by atoms with Gasteiger partial charge in [0.1, 0.15) is 0 Å². The molecule has 3 rings (SSSR count). The average molecular weight is 287 g/mol. The Balaban J connectivity index is 1.64. The van der Waals surface area contributed by atoms with Crippen molar-refractivity contribution in [3.63, 3.8) is 0 Å². The maximum Gasteiger partial charge on any atom is 0.255 e. The largest absolute Gasteiger partial charge is 0.352 e.